The van der Waals surface area contributed by atoms with Gasteiger partial charge in [-0.05, 0) is 47.9 Å². The quantitative estimate of drug-likeness (QED) is 0.568. The lowest BCUT2D eigenvalue weighted by atomic mass is 10.1. The van der Waals surface area contributed by atoms with Crippen molar-refractivity contribution in [3.8, 4) is 0 Å². The van der Waals surface area contributed by atoms with Gasteiger partial charge in [-0.3, -0.25) is 0 Å². The molecule has 0 radical (unpaired) electrons. The smallest absolute Gasteiger partial charge is 0.0791 e. The maximum absolute atomic E-state index is 8.61. The van der Waals surface area contributed by atoms with E-state index in [2.05, 4.69) is 37.0 Å². The summed E-state index contributed by atoms with van der Waals surface area (Å²) in [4.78, 5) is 0. The molecule has 0 aliphatic heterocycles. The normalized spacial score (nSPS) is 11.1. The molecule has 0 unspecified atom stereocenters. The average Bonchev–Trinajstić information content (AvgIpc) is 2.50. The van der Waals surface area contributed by atoms with Crippen molar-refractivity contribution in [3.63, 3.8) is 0 Å². The molecule has 0 heterocycles. The van der Waals surface area contributed by atoms with Crippen LogP contribution in [0.1, 0.15) is 11.1 Å². The topological polar surface area (TPSA) is 32.3 Å². The molecule has 0 bridgehead atoms. The van der Waals surface area contributed by atoms with Crippen LogP contribution in [0.5, 0.6) is 0 Å². The molecule has 0 atom stereocenters. The molecule has 0 aliphatic carbocycles. The van der Waals surface area contributed by atoms with Crippen molar-refractivity contribution < 1.29 is 5.11 Å². The third kappa shape index (κ3) is 4.11. The van der Waals surface area contributed by atoms with Crippen LogP contribution in [0.25, 0.3) is 5.57 Å². The van der Waals surface area contributed by atoms with Crippen molar-refractivity contribution >= 4 is 16.9 Å². The molecule has 2 aromatic rings. The lowest BCUT2D eigenvalue weighted by Gasteiger charge is -2.10. The van der Waals surface area contributed by atoms with Crippen molar-refractivity contribution in [1.82, 2.24) is 0 Å². The summed E-state index contributed by atoms with van der Waals surface area (Å²) in [6.45, 7) is 6.11. The van der Waals surface area contributed by atoms with Crippen LogP contribution in [0.3, 0.4) is 0 Å². The van der Waals surface area contributed by atoms with Gasteiger partial charge in [0, 0.05) is 11.4 Å². The van der Waals surface area contributed by atoms with E-state index in [1.54, 1.807) is 12.2 Å². The zero-order valence-electron chi connectivity index (χ0n) is 12.1. The van der Waals surface area contributed by atoms with Gasteiger partial charge in [0.1, 0.15) is 0 Å². The van der Waals surface area contributed by atoms with Crippen LogP contribution in [0.15, 0.2) is 79.6 Å². The second-order valence-electron chi connectivity index (χ2n) is 4.75. The van der Waals surface area contributed by atoms with Gasteiger partial charge in [-0.25, -0.2) is 0 Å². The number of aryl methyl sites for hydroxylation is 1. The van der Waals surface area contributed by atoms with Crippen molar-refractivity contribution in [2.45, 2.75) is 6.92 Å². The average molecular weight is 277 g/mol. The molecule has 2 aromatic carbocycles. The molecule has 2 nitrogen and oxygen atoms in total. The lowest BCUT2D eigenvalue weighted by Crippen LogP contribution is -1.93. The minimum atomic E-state index is 0.890. The highest BCUT2D eigenvalue weighted by Crippen LogP contribution is 2.23. The molecule has 0 aliphatic rings. The maximum atomic E-state index is 8.61. The molecule has 106 valence electrons. The highest BCUT2D eigenvalue weighted by molar-refractivity contribution is 5.75. The number of rotatable bonds is 5. The Morgan fingerprint density at radius 3 is 2.67 bits per heavy atom. The molecule has 0 saturated carbocycles. The van der Waals surface area contributed by atoms with Gasteiger partial charge in [0.25, 0.3) is 0 Å². The van der Waals surface area contributed by atoms with Crippen LogP contribution in [0.2, 0.25) is 0 Å². The van der Waals surface area contributed by atoms with Gasteiger partial charge in [0.2, 0.25) is 0 Å². The SMILES string of the molecule is C=C(/C=C\C=C/O)c1cccc(Nc2ccccc2C)c1. The summed E-state index contributed by atoms with van der Waals surface area (Å²) in [6, 6.07) is 16.3. The second-order valence-corrected chi connectivity index (χ2v) is 4.75. The predicted octanol–water partition coefficient (Wildman–Crippen LogP) is 5.38. The summed E-state index contributed by atoms with van der Waals surface area (Å²) in [5, 5.41) is 12.0. The first-order chi connectivity index (χ1) is 10.2. The Morgan fingerprint density at radius 1 is 1.10 bits per heavy atom. The molecular weight excluding hydrogens is 258 g/mol. The monoisotopic (exact) mass is 277 g/mol. The van der Waals surface area contributed by atoms with Gasteiger partial charge >= 0.3 is 0 Å². The van der Waals surface area contributed by atoms with Gasteiger partial charge in [0.15, 0.2) is 0 Å². The molecule has 0 aromatic heterocycles. The van der Waals surface area contributed by atoms with E-state index in [0.717, 1.165) is 28.8 Å². The highest BCUT2D eigenvalue weighted by atomic mass is 16.2. The third-order valence-corrected chi connectivity index (χ3v) is 3.15. The Hall–Kier alpha value is -2.74. The number of nitrogens with one attached hydrogen (secondary N) is 1. The van der Waals surface area contributed by atoms with Crippen molar-refractivity contribution in [3.05, 3.63) is 90.7 Å². The highest BCUT2D eigenvalue weighted by Gasteiger charge is 2.00. The number of allylic oxidation sites excluding steroid dienone is 4. The summed E-state index contributed by atoms with van der Waals surface area (Å²) < 4.78 is 0. The van der Waals surface area contributed by atoms with Gasteiger partial charge in [-0.2, -0.15) is 0 Å². The summed E-state index contributed by atoms with van der Waals surface area (Å²) in [5.74, 6) is 0. The van der Waals surface area contributed by atoms with Crippen LogP contribution >= 0.6 is 0 Å². The summed E-state index contributed by atoms with van der Waals surface area (Å²) in [7, 11) is 0. The van der Waals surface area contributed by atoms with Gasteiger partial charge < -0.3 is 10.4 Å². The van der Waals surface area contributed by atoms with Crippen LogP contribution in [-0.4, -0.2) is 5.11 Å². The fourth-order valence-electron chi connectivity index (χ4n) is 1.98. The van der Waals surface area contributed by atoms with Crippen LogP contribution in [-0.2, 0) is 0 Å². The largest absolute Gasteiger partial charge is 0.516 e. The number of aliphatic hydroxyl groups excluding tert-OH is 1. The Labute approximate surface area is 125 Å². The van der Waals surface area contributed by atoms with E-state index in [4.69, 9.17) is 5.11 Å². The minimum absolute atomic E-state index is 0.890. The van der Waals surface area contributed by atoms with E-state index in [1.807, 2.05) is 36.4 Å². The van der Waals surface area contributed by atoms with E-state index in [1.165, 1.54) is 5.56 Å². The molecule has 21 heavy (non-hydrogen) atoms. The van der Waals surface area contributed by atoms with Crippen molar-refractivity contribution in [2.75, 3.05) is 5.32 Å². The van der Waals surface area contributed by atoms with E-state index < -0.39 is 0 Å². The number of hydrogen-bond acceptors (Lipinski definition) is 2. The molecule has 2 N–H and O–H groups in total. The number of para-hydroxylation sites is 1. The standard InChI is InChI=1S/C19H19NO/c1-15(8-5-6-13-21)17-10-7-11-18(14-17)20-19-12-4-3-9-16(19)2/h3-14,20-21H,1H2,2H3/b8-5-,13-6-. The first kappa shape index (κ1) is 14.7. The molecule has 0 saturated heterocycles. The minimum Gasteiger partial charge on any atom is -0.516 e. The number of benzene rings is 2. The Kier molecular flexibility index (Phi) is 4.99. The van der Waals surface area contributed by atoms with E-state index >= 15 is 0 Å². The van der Waals surface area contributed by atoms with Crippen molar-refractivity contribution in [1.29, 1.82) is 0 Å². The number of aliphatic hydroxyl groups is 1. The van der Waals surface area contributed by atoms with E-state index in [0.29, 0.717) is 0 Å². The molecule has 0 amide bonds. The zero-order valence-corrected chi connectivity index (χ0v) is 12.1. The van der Waals surface area contributed by atoms with Crippen LogP contribution < -0.4 is 5.32 Å². The molecule has 0 spiro atoms. The molecule has 2 heteroatoms. The van der Waals surface area contributed by atoms with E-state index in [9.17, 15) is 0 Å². The first-order valence-corrected chi connectivity index (χ1v) is 6.80. The number of anilines is 2. The fraction of sp³-hybridized carbons (Fsp3) is 0.0526. The Bertz CT molecular complexity index is 683. The molecule has 2 rings (SSSR count). The maximum Gasteiger partial charge on any atom is 0.0791 e. The predicted molar refractivity (Wildman–Crippen MR) is 90.8 cm³/mol. The number of hydrogen-bond donors (Lipinski definition) is 2. The van der Waals surface area contributed by atoms with Gasteiger partial charge in [-0.15, -0.1) is 0 Å². The Balaban J connectivity index is 2.18. The first-order valence-electron chi connectivity index (χ1n) is 6.80. The second kappa shape index (κ2) is 7.15. The van der Waals surface area contributed by atoms with Gasteiger partial charge in [0.05, 0.1) is 6.26 Å². The Morgan fingerprint density at radius 2 is 1.90 bits per heavy atom. The summed E-state index contributed by atoms with van der Waals surface area (Å²) >= 11 is 0. The van der Waals surface area contributed by atoms with Crippen LogP contribution in [0.4, 0.5) is 11.4 Å². The zero-order chi connectivity index (χ0) is 15.1. The summed E-state index contributed by atoms with van der Waals surface area (Å²) in [5.41, 5.74) is 5.25. The van der Waals surface area contributed by atoms with Crippen molar-refractivity contribution in [2.24, 2.45) is 0 Å². The third-order valence-electron chi connectivity index (χ3n) is 3.15. The molecular formula is C19H19NO. The van der Waals surface area contributed by atoms with E-state index in [-0.39, 0.29) is 0 Å². The lowest BCUT2D eigenvalue weighted by molar-refractivity contribution is 0.474. The van der Waals surface area contributed by atoms with Crippen LogP contribution in [0, 0.1) is 6.92 Å². The van der Waals surface area contributed by atoms with Gasteiger partial charge in [-0.1, -0.05) is 49.1 Å². The summed E-state index contributed by atoms with van der Waals surface area (Å²) in [6.07, 6.45) is 6.17. The molecule has 0 fully saturated rings. The fourth-order valence-corrected chi connectivity index (χ4v) is 1.98.